The maximum absolute atomic E-state index is 5.52. The number of anilines is 2. The Bertz CT molecular complexity index is 669. The van der Waals surface area contributed by atoms with Gasteiger partial charge in [0.1, 0.15) is 5.84 Å². The molecule has 2 aromatic rings. The second-order valence-electron chi connectivity index (χ2n) is 6.21. The zero-order chi connectivity index (χ0) is 14.8. The summed E-state index contributed by atoms with van der Waals surface area (Å²) < 4.78 is 5.52. The van der Waals surface area contributed by atoms with Crippen molar-refractivity contribution >= 4 is 17.4 Å². The molecule has 1 fully saturated rings. The van der Waals surface area contributed by atoms with Gasteiger partial charge in [0, 0.05) is 6.07 Å². The first-order valence-corrected chi connectivity index (χ1v) is 8.07. The van der Waals surface area contributed by atoms with Gasteiger partial charge in [0.25, 0.3) is 0 Å². The summed E-state index contributed by atoms with van der Waals surface area (Å²) in [7, 11) is 0. The van der Waals surface area contributed by atoms with E-state index in [4.69, 9.17) is 9.41 Å². The molecule has 22 heavy (non-hydrogen) atoms. The zero-order valence-electron chi connectivity index (χ0n) is 12.6. The molecule has 2 aliphatic rings. The molecule has 4 heteroatoms. The number of furan rings is 1. The quantitative estimate of drug-likeness (QED) is 0.862. The topological polar surface area (TPSA) is 49.6 Å². The molecule has 1 saturated carbocycles. The molecule has 4 nitrogen and oxygen atoms in total. The first-order chi connectivity index (χ1) is 10.9. The number of rotatable bonds is 2. The molecule has 2 heterocycles. The minimum absolute atomic E-state index is 0.0517. The van der Waals surface area contributed by atoms with Gasteiger partial charge < -0.3 is 15.1 Å². The number of nitrogens with one attached hydrogen (secondary N) is 2. The molecule has 0 amide bonds. The van der Waals surface area contributed by atoms with Gasteiger partial charge >= 0.3 is 0 Å². The van der Waals surface area contributed by atoms with Crippen LogP contribution >= 0.6 is 0 Å². The van der Waals surface area contributed by atoms with Crippen LogP contribution in [0, 0.1) is 0 Å². The Hall–Kier alpha value is -2.23. The summed E-state index contributed by atoms with van der Waals surface area (Å²) in [5, 5.41) is 7.12. The highest BCUT2D eigenvalue weighted by Crippen LogP contribution is 2.40. The standard InChI is InChI=1S/C18H21N3O/c1-3-7-14(8-4-1)13-19-17-18(10-5-2-6-11-18)21-15-9-12-22-16(15)20-17/h1,3-4,7-9,12,21H,2,5-6,10-11,13H2,(H,19,20). The van der Waals surface area contributed by atoms with Crippen molar-refractivity contribution in [2.75, 3.05) is 10.6 Å². The van der Waals surface area contributed by atoms with E-state index >= 15 is 0 Å². The van der Waals surface area contributed by atoms with Gasteiger partial charge in [-0.3, -0.25) is 4.99 Å². The summed E-state index contributed by atoms with van der Waals surface area (Å²) in [5.41, 5.74) is 2.23. The minimum atomic E-state index is -0.0517. The fraction of sp³-hybridized carbons (Fsp3) is 0.389. The number of hydrogen-bond acceptors (Lipinski definition) is 3. The van der Waals surface area contributed by atoms with Gasteiger partial charge in [0.2, 0.25) is 5.88 Å². The third-order valence-corrected chi connectivity index (χ3v) is 4.69. The van der Waals surface area contributed by atoms with Gasteiger partial charge in [-0.25, -0.2) is 0 Å². The van der Waals surface area contributed by atoms with Crippen LogP contribution in [0.4, 0.5) is 11.6 Å². The van der Waals surface area contributed by atoms with Crippen molar-refractivity contribution in [2.24, 2.45) is 4.99 Å². The maximum atomic E-state index is 5.52. The van der Waals surface area contributed by atoms with Crippen LogP contribution in [0.3, 0.4) is 0 Å². The SMILES string of the molecule is c1ccc(CN=C2Nc3occc3NC23CCCCC3)cc1. The van der Waals surface area contributed by atoms with Crippen LogP contribution in [0.15, 0.2) is 52.1 Å². The van der Waals surface area contributed by atoms with E-state index in [9.17, 15) is 0 Å². The van der Waals surface area contributed by atoms with Crippen LogP contribution in [0.25, 0.3) is 0 Å². The first kappa shape index (κ1) is 13.4. The van der Waals surface area contributed by atoms with E-state index in [1.165, 1.54) is 24.8 Å². The molecule has 1 aliphatic heterocycles. The molecule has 1 spiro atoms. The fourth-order valence-electron chi connectivity index (χ4n) is 3.51. The lowest BCUT2D eigenvalue weighted by Crippen LogP contribution is -2.53. The van der Waals surface area contributed by atoms with E-state index in [2.05, 4.69) is 34.9 Å². The van der Waals surface area contributed by atoms with Crippen LogP contribution in [0.1, 0.15) is 37.7 Å². The third-order valence-electron chi connectivity index (χ3n) is 4.69. The van der Waals surface area contributed by atoms with Crippen LogP contribution in [0.2, 0.25) is 0 Å². The molecule has 0 radical (unpaired) electrons. The molecule has 0 saturated heterocycles. The number of hydrogen-bond donors (Lipinski definition) is 2. The lowest BCUT2D eigenvalue weighted by Gasteiger charge is -2.42. The Balaban J connectivity index is 1.65. The highest BCUT2D eigenvalue weighted by molar-refractivity contribution is 6.08. The van der Waals surface area contributed by atoms with E-state index in [1.807, 2.05) is 12.1 Å². The summed E-state index contributed by atoms with van der Waals surface area (Å²) in [4.78, 5) is 4.89. The average Bonchev–Trinajstić information content (AvgIpc) is 3.01. The predicted molar refractivity (Wildman–Crippen MR) is 89.4 cm³/mol. The van der Waals surface area contributed by atoms with Gasteiger partial charge in [-0.05, 0) is 18.4 Å². The van der Waals surface area contributed by atoms with E-state index < -0.39 is 0 Å². The predicted octanol–water partition coefficient (Wildman–Crippen LogP) is 4.42. The molecule has 1 aromatic carbocycles. The van der Waals surface area contributed by atoms with Crippen LogP contribution in [-0.4, -0.2) is 11.4 Å². The largest absolute Gasteiger partial charge is 0.446 e. The number of amidine groups is 1. The summed E-state index contributed by atoms with van der Waals surface area (Å²) in [6.45, 7) is 0.697. The Morgan fingerprint density at radius 1 is 1.05 bits per heavy atom. The molecule has 1 aromatic heterocycles. The minimum Gasteiger partial charge on any atom is -0.446 e. The molecule has 0 atom stereocenters. The first-order valence-electron chi connectivity index (χ1n) is 8.07. The third kappa shape index (κ3) is 2.39. The fourth-order valence-corrected chi connectivity index (χ4v) is 3.51. The number of aliphatic imine (C=N–C) groups is 1. The number of benzene rings is 1. The Kier molecular flexibility index (Phi) is 3.37. The van der Waals surface area contributed by atoms with Gasteiger partial charge in [-0.15, -0.1) is 0 Å². The molecule has 1 aliphatic carbocycles. The van der Waals surface area contributed by atoms with E-state index in [0.29, 0.717) is 6.54 Å². The van der Waals surface area contributed by atoms with Crippen molar-refractivity contribution in [3.8, 4) is 0 Å². The van der Waals surface area contributed by atoms with Crippen molar-refractivity contribution in [2.45, 2.75) is 44.2 Å². The van der Waals surface area contributed by atoms with E-state index in [-0.39, 0.29) is 5.54 Å². The summed E-state index contributed by atoms with van der Waals surface area (Å²) in [6.07, 6.45) is 7.77. The van der Waals surface area contributed by atoms with Gasteiger partial charge in [-0.2, -0.15) is 0 Å². The normalized spacial score (nSPS) is 21.2. The summed E-state index contributed by atoms with van der Waals surface area (Å²) in [6, 6.07) is 12.4. The highest BCUT2D eigenvalue weighted by Gasteiger charge is 2.41. The second kappa shape index (κ2) is 5.52. The van der Waals surface area contributed by atoms with E-state index in [1.54, 1.807) is 6.26 Å². The lowest BCUT2D eigenvalue weighted by atomic mass is 9.79. The average molecular weight is 295 g/mol. The summed E-state index contributed by atoms with van der Waals surface area (Å²) in [5.74, 6) is 1.81. The van der Waals surface area contributed by atoms with Gasteiger partial charge in [-0.1, -0.05) is 49.6 Å². The maximum Gasteiger partial charge on any atom is 0.221 e. The molecular weight excluding hydrogens is 274 g/mol. The van der Waals surface area contributed by atoms with Crippen molar-refractivity contribution in [1.29, 1.82) is 0 Å². The highest BCUT2D eigenvalue weighted by atomic mass is 16.3. The van der Waals surface area contributed by atoms with Gasteiger partial charge in [0.15, 0.2) is 0 Å². The second-order valence-corrected chi connectivity index (χ2v) is 6.21. The Labute approximate surface area is 130 Å². The van der Waals surface area contributed by atoms with Crippen LogP contribution < -0.4 is 10.6 Å². The monoisotopic (exact) mass is 295 g/mol. The zero-order valence-corrected chi connectivity index (χ0v) is 12.6. The summed E-state index contributed by atoms with van der Waals surface area (Å²) >= 11 is 0. The number of fused-ring (bicyclic) bond motifs is 1. The molecular formula is C18H21N3O. The van der Waals surface area contributed by atoms with Gasteiger partial charge in [0.05, 0.1) is 24.0 Å². The van der Waals surface area contributed by atoms with E-state index in [0.717, 1.165) is 30.2 Å². The molecule has 2 N–H and O–H groups in total. The molecule has 0 unspecified atom stereocenters. The van der Waals surface area contributed by atoms with Crippen LogP contribution in [-0.2, 0) is 6.54 Å². The molecule has 0 bridgehead atoms. The molecule has 114 valence electrons. The van der Waals surface area contributed by atoms with Crippen molar-refractivity contribution in [3.63, 3.8) is 0 Å². The lowest BCUT2D eigenvalue weighted by molar-refractivity contribution is 0.401. The van der Waals surface area contributed by atoms with Crippen molar-refractivity contribution < 1.29 is 4.42 Å². The Morgan fingerprint density at radius 3 is 2.68 bits per heavy atom. The van der Waals surface area contributed by atoms with Crippen molar-refractivity contribution in [3.05, 3.63) is 48.2 Å². The van der Waals surface area contributed by atoms with Crippen LogP contribution in [0.5, 0.6) is 0 Å². The smallest absolute Gasteiger partial charge is 0.221 e. The van der Waals surface area contributed by atoms with Crippen molar-refractivity contribution in [1.82, 2.24) is 0 Å². The Morgan fingerprint density at radius 2 is 1.86 bits per heavy atom. The number of nitrogens with zero attached hydrogens (tertiary/aromatic N) is 1. The molecule has 4 rings (SSSR count).